The molecule has 0 unspecified atom stereocenters. The molecule has 2 aliphatic rings. The van der Waals surface area contributed by atoms with Gasteiger partial charge in [0.05, 0.1) is 0 Å². The number of pyridine rings is 1. The number of hydrogen-bond acceptors (Lipinski definition) is 4. The van der Waals surface area contributed by atoms with E-state index in [4.69, 9.17) is 0 Å². The Bertz CT molecular complexity index is 436. The van der Waals surface area contributed by atoms with E-state index in [1.807, 2.05) is 29.4 Å². The van der Waals surface area contributed by atoms with Crippen molar-refractivity contribution >= 4 is 11.6 Å². The number of carbonyl (C=O) groups excluding carboxylic acids is 1. The lowest BCUT2D eigenvalue weighted by molar-refractivity contribution is -0.136. The maximum atomic E-state index is 12.5. The normalized spacial score (nSPS) is 21.0. The lowest BCUT2D eigenvalue weighted by atomic mass is 9.94. The molecule has 1 amide bonds. The molecule has 2 aliphatic heterocycles. The van der Waals surface area contributed by atoms with E-state index in [0.717, 1.165) is 52.1 Å². The van der Waals surface area contributed by atoms with Gasteiger partial charge >= 0.3 is 0 Å². The van der Waals surface area contributed by atoms with Gasteiger partial charge in [-0.1, -0.05) is 0 Å². The third-order valence-corrected chi connectivity index (χ3v) is 4.30. The molecule has 0 bridgehead atoms. The van der Waals surface area contributed by atoms with Gasteiger partial charge in [-0.25, -0.2) is 0 Å². The highest BCUT2D eigenvalue weighted by atomic mass is 16.2. The van der Waals surface area contributed by atoms with Crippen molar-refractivity contribution in [3.05, 3.63) is 24.5 Å². The van der Waals surface area contributed by atoms with Gasteiger partial charge < -0.3 is 15.1 Å². The van der Waals surface area contributed by atoms with Gasteiger partial charge in [0.25, 0.3) is 0 Å². The number of piperazine rings is 1. The summed E-state index contributed by atoms with van der Waals surface area (Å²) in [7, 11) is 0. The molecular formula is C15H22N4O. The van der Waals surface area contributed by atoms with E-state index in [9.17, 15) is 4.79 Å². The number of rotatable bonds is 2. The Balaban J connectivity index is 1.54. The molecule has 3 rings (SSSR count). The Labute approximate surface area is 120 Å². The van der Waals surface area contributed by atoms with Crippen molar-refractivity contribution in [2.75, 3.05) is 44.2 Å². The van der Waals surface area contributed by atoms with Crippen molar-refractivity contribution in [3.8, 4) is 0 Å². The van der Waals surface area contributed by atoms with Crippen LogP contribution in [0.15, 0.2) is 24.5 Å². The monoisotopic (exact) mass is 274 g/mol. The molecule has 108 valence electrons. The molecule has 5 nitrogen and oxygen atoms in total. The van der Waals surface area contributed by atoms with Crippen molar-refractivity contribution in [3.63, 3.8) is 0 Å². The molecule has 2 saturated heterocycles. The van der Waals surface area contributed by atoms with Crippen LogP contribution in [0.1, 0.15) is 12.8 Å². The Morgan fingerprint density at radius 2 is 1.75 bits per heavy atom. The second-order valence-electron chi connectivity index (χ2n) is 5.54. The first-order valence-corrected chi connectivity index (χ1v) is 7.49. The van der Waals surface area contributed by atoms with Crippen LogP contribution in [0.5, 0.6) is 0 Å². The molecule has 0 saturated carbocycles. The number of hydrogen-bond donors (Lipinski definition) is 1. The summed E-state index contributed by atoms with van der Waals surface area (Å²) in [6, 6.07) is 4.08. The summed E-state index contributed by atoms with van der Waals surface area (Å²) in [5.41, 5.74) is 1.22. The molecular weight excluding hydrogens is 252 g/mol. The summed E-state index contributed by atoms with van der Waals surface area (Å²) in [4.78, 5) is 20.9. The number of amides is 1. The molecule has 1 aromatic rings. The van der Waals surface area contributed by atoms with E-state index >= 15 is 0 Å². The Kier molecular flexibility index (Phi) is 4.16. The number of piperidine rings is 1. The standard InChI is InChI=1S/C15H22N4O/c20-15(19-11-7-17-8-12-19)13-3-9-18(10-4-13)14-1-5-16-6-2-14/h1-2,5-6,13,17H,3-4,7-12H2. The van der Waals surface area contributed by atoms with Crippen LogP contribution in [0.2, 0.25) is 0 Å². The van der Waals surface area contributed by atoms with Gasteiger partial charge in [-0.05, 0) is 25.0 Å². The van der Waals surface area contributed by atoms with E-state index < -0.39 is 0 Å². The van der Waals surface area contributed by atoms with Crippen molar-refractivity contribution in [2.45, 2.75) is 12.8 Å². The molecule has 2 fully saturated rings. The maximum absolute atomic E-state index is 12.5. The second-order valence-corrected chi connectivity index (χ2v) is 5.54. The number of nitrogens with one attached hydrogen (secondary N) is 1. The van der Waals surface area contributed by atoms with Crippen LogP contribution in [0.3, 0.4) is 0 Å². The molecule has 0 atom stereocenters. The average molecular weight is 274 g/mol. The number of aromatic nitrogens is 1. The van der Waals surface area contributed by atoms with Gasteiger partial charge in [0.1, 0.15) is 0 Å². The van der Waals surface area contributed by atoms with Crippen LogP contribution in [0, 0.1) is 5.92 Å². The smallest absolute Gasteiger partial charge is 0.225 e. The molecule has 0 radical (unpaired) electrons. The van der Waals surface area contributed by atoms with E-state index in [1.54, 1.807) is 0 Å². The first-order valence-electron chi connectivity index (χ1n) is 7.49. The summed E-state index contributed by atoms with van der Waals surface area (Å²) in [6.07, 6.45) is 5.58. The minimum Gasteiger partial charge on any atom is -0.371 e. The number of nitrogens with zero attached hydrogens (tertiary/aromatic N) is 3. The highest BCUT2D eigenvalue weighted by Gasteiger charge is 2.29. The highest BCUT2D eigenvalue weighted by Crippen LogP contribution is 2.24. The zero-order valence-electron chi connectivity index (χ0n) is 11.8. The third kappa shape index (κ3) is 2.93. The predicted octanol–water partition coefficient (Wildman–Crippen LogP) is 0.730. The van der Waals surface area contributed by atoms with E-state index in [0.29, 0.717) is 5.91 Å². The fourth-order valence-electron chi connectivity index (χ4n) is 3.08. The summed E-state index contributed by atoms with van der Waals surface area (Å²) < 4.78 is 0. The Hall–Kier alpha value is -1.62. The molecule has 0 spiro atoms. The minimum absolute atomic E-state index is 0.214. The van der Waals surface area contributed by atoms with Crippen LogP contribution in [-0.2, 0) is 4.79 Å². The van der Waals surface area contributed by atoms with Crippen molar-refractivity contribution in [1.29, 1.82) is 0 Å². The molecule has 1 N–H and O–H groups in total. The maximum Gasteiger partial charge on any atom is 0.225 e. The van der Waals surface area contributed by atoms with Gasteiger partial charge in [-0.3, -0.25) is 9.78 Å². The molecule has 0 aromatic carbocycles. The van der Waals surface area contributed by atoms with Crippen LogP contribution in [-0.4, -0.2) is 55.1 Å². The minimum atomic E-state index is 0.214. The van der Waals surface area contributed by atoms with Crippen molar-refractivity contribution in [1.82, 2.24) is 15.2 Å². The van der Waals surface area contributed by atoms with E-state index in [1.165, 1.54) is 5.69 Å². The van der Waals surface area contributed by atoms with Crippen LogP contribution in [0.4, 0.5) is 5.69 Å². The lowest BCUT2D eigenvalue weighted by Gasteiger charge is -2.36. The fourth-order valence-corrected chi connectivity index (χ4v) is 3.08. The lowest BCUT2D eigenvalue weighted by Crippen LogP contribution is -2.50. The number of anilines is 1. The van der Waals surface area contributed by atoms with Gasteiger partial charge in [-0.2, -0.15) is 0 Å². The number of carbonyl (C=O) groups is 1. The van der Waals surface area contributed by atoms with Crippen LogP contribution >= 0.6 is 0 Å². The topological polar surface area (TPSA) is 48.5 Å². The molecule has 3 heterocycles. The Morgan fingerprint density at radius 3 is 2.40 bits per heavy atom. The Morgan fingerprint density at radius 1 is 1.10 bits per heavy atom. The van der Waals surface area contributed by atoms with E-state index in [2.05, 4.69) is 15.2 Å². The van der Waals surface area contributed by atoms with Gasteiger partial charge in [-0.15, -0.1) is 0 Å². The first-order chi connectivity index (χ1) is 9.84. The summed E-state index contributed by atoms with van der Waals surface area (Å²) >= 11 is 0. The largest absolute Gasteiger partial charge is 0.371 e. The average Bonchev–Trinajstić information content (AvgIpc) is 2.56. The van der Waals surface area contributed by atoms with E-state index in [-0.39, 0.29) is 5.92 Å². The van der Waals surface area contributed by atoms with Gasteiger partial charge in [0.15, 0.2) is 0 Å². The molecule has 20 heavy (non-hydrogen) atoms. The third-order valence-electron chi connectivity index (χ3n) is 4.30. The van der Waals surface area contributed by atoms with Gasteiger partial charge in [0, 0.05) is 63.3 Å². The quantitative estimate of drug-likeness (QED) is 0.864. The predicted molar refractivity (Wildman–Crippen MR) is 78.6 cm³/mol. The first kappa shape index (κ1) is 13.4. The molecule has 0 aliphatic carbocycles. The zero-order valence-corrected chi connectivity index (χ0v) is 11.8. The summed E-state index contributed by atoms with van der Waals surface area (Å²) in [5, 5.41) is 3.29. The van der Waals surface area contributed by atoms with Crippen LogP contribution < -0.4 is 10.2 Å². The fraction of sp³-hybridized carbons (Fsp3) is 0.600. The SMILES string of the molecule is O=C(C1CCN(c2ccncc2)CC1)N1CCNCC1. The molecule has 1 aromatic heterocycles. The van der Waals surface area contributed by atoms with Crippen molar-refractivity contribution in [2.24, 2.45) is 5.92 Å². The zero-order chi connectivity index (χ0) is 13.8. The summed E-state index contributed by atoms with van der Waals surface area (Å²) in [6.45, 7) is 5.52. The van der Waals surface area contributed by atoms with Crippen molar-refractivity contribution < 1.29 is 4.79 Å². The second kappa shape index (κ2) is 6.22. The summed E-state index contributed by atoms with van der Waals surface area (Å²) in [5.74, 6) is 0.576. The molecule has 5 heteroatoms. The van der Waals surface area contributed by atoms with Gasteiger partial charge in [0.2, 0.25) is 5.91 Å². The highest BCUT2D eigenvalue weighted by molar-refractivity contribution is 5.79. The van der Waals surface area contributed by atoms with Crippen LogP contribution in [0.25, 0.3) is 0 Å².